The molecule has 132 valence electrons. The molecule has 3 rings (SSSR count). The molecule has 2 atom stereocenters. The van der Waals surface area contributed by atoms with E-state index in [4.69, 9.17) is 4.74 Å². The van der Waals surface area contributed by atoms with Crippen molar-refractivity contribution in [1.82, 2.24) is 14.7 Å². The molecule has 3 heterocycles. The molecule has 2 aliphatic heterocycles. The largest absolute Gasteiger partial charge is 0.444 e. The Labute approximate surface area is 141 Å². The van der Waals surface area contributed by atoms with Gasteiger partial charge in [0.2, 0.25) is 5.91 Å². The van der Waals surface area contributed by atoms with Crippen molar-refractivity contribution in [2.75, 3.05) is 11.4 Å². The van der Waals surface area contributed by atoms with Crippen molar-refractivity contribution in [1.29, 1.82) is 0 Å². The van der Waals surface area contributed by atoms with Crippen LogP contribution in [0, 0.1) is 0 Å². The number of rotatable bonds is 1. The van der Waals surface area contributed by atoms with Crippen molar-refractivity contribution in [2.24, 2.45) is 0 Å². The number of hydrogen-bond donors (Lipinski definition) is 1. The zero-order chi connectivity index (χ0) is 17.6. The highest BCUT2D eigenvalue weighted by molar-refractivity contribution is 5.96. The Balaban J connectivity index is 1.84. The number of carbonyl (C=O) groups excluding carboxylic acids is 2. The second-order valence-corrected chi connectivity index (χ2v) is 7.48. The minimum Gasteiger partial charge on any atom is -0.444 e. The molecule has 1 fully saturated rings. The summed E-state index contributed by atoms with van der Waals surface area (Å²) in [7, 11) is 0. The Morgan fingerprint density at radius 2 is 2.08 bits per heavy atom. The van der Waals surface area contributed by atoms with E-state index in [0.717, 1.165) is 5.69 Å². The van der Waals surface area contributed by atoms with Crippen LogP contribution < -0.4 is 4.90 Å². The maximum atomic E-state index is 12.5. The molecule has 0 bridgehead atoms. The van der Waals surface area contributed by atoms with Gasteiger partial charge in [0.25, 0.3) is 0 Å². The predicted octanol–water partition coefficient (Wildman–Crippen LogP) is 1.12. The third kappa shape index (κ3) is 3.10. The van der Waals surface area contributed by atoms with Gasteiger partial charge in [0.05, 0.1) is 55.8 Å². The normalized spacial score (nSPS) is 24.3. The van der Waals surface area contributed by atoms with E-state index in [1.165, 1.54) is 0 Å². The molecule has 1 saturated heterocycles. The summed E-state index contributed by atoms with van der Waals surface area (Å²) < 4.78 is 7.30. The van der Waals surface area contributed by atoms with Crippen LogP contribution in [0.4, 0.5) is 10.5 Å². The van der Waals surface area contributed by atoms with Crippen LogP contribution in [0.15, 0.2) is 6.20 Å². The first-order chi connectivity index (χ1) is 11.2. The van der Waals surface area contributed by atoms with E-state index in [2.05, 4.69) is 5.10 Å². The smallest absolute Gasteiger partial charge is 0.410 e. The summed E-state index contributed by atoms with van der Waals surface area (Å²) in [6, 6.07) is -0.0556. The molecule has 0 radical (unpaired) electrons. The van der Waals surface area contributed by atoms with E-state index in [9.17, 15) is 14.7 Å². The van der Waals surface area contributed by atoms with E-state index < -0.39 is 11.7 Å². The number of nitrogens with zero attached hydrogens (tertiary/aromatic N) is 4. The van der Waals surface area contributed by atoms with Gasteiger partial charge in [-0.2, -0.15) is 5.10 Å². The number of aliphatic hydroxyl groups excluding tert-OH is 1. The van der Waals surface area contributed by atoms with E-state index in [1.54, 1.807) is 16.0 Å². The number of fused-ring (bicyclic) bond motifs is 1. The molecule has 0 aliphatic carbocycles. The fourth-order valence-electron chi connectivity index (χ4n) is 3.10. The standard InChI is InChI=1S/C16H24N4O4/c1-10-7-20-13(9-18(10)15(23)24-16(2,3)4)12(6-17-20)19-8-11(21)5-14(19)22/h6,10-11,21H,5,7-9H2,1-4H3/t10?,11-/m1/s1. The van der Waals surface area contributed by atoms with Crippen molar-refractivity contribution in [2.45, 2.75) is 65.0 Å². The molecule has 2 aliphatic rings. The van der Waals surface area contributed by atoms with E-state index in [1.807, 2.05) is 32.4 Å². The highest BCUT2D eigenvalue weighted by Gasteiger charge is 2.36. The van der Waals surface area contributed by atoms with Gasteiger partial charge >= 0.3 is 6.09 Å². The summed E-state index contributed by atoms with van der Waals surface area (Å²) in [4.78, 5) is 27.7. The molecule has 0 spiro atoms. The quantitative estimate of drug-likeness (QED) is 0.830. The second kappa shape index (κ2) is 5.77. The van der Waals surface area contributed by atoms with Crippen LogP contribution in [0.2, 0.25) is 0 Å². The van der Waals surface area contributed by atoms with Gasteiger partial charge in [-0.25, -0.2) is 4.79 Å². The molecule has 8 nitrogen and oxygen atoms in total. The van der Waals surface area contributed by atoms with Crippen LogP contribution >= 0.6 is 0 Å². The van der Waals surface area contributed by atoms with E-state index in [-0.39, 0.29) is 31.0 Å². The molecule has 0 aromatic carbocycles. The van der Waals surface area contributed by atoms with Crippen molar-refractivity contribution in [3.05, 3.63) is 11.9 Å². The molecule has 1 aromatic rings. The lowest BCUT2D eigenvalue weighted by Gasteiger charge is -2.36. The predicted molar refractivity (Wildman–Crippen MR) is 86.4 cm³/mol. The Morgan fingerprint density at radius 1 is 1.38 bits per heavy atom. The van der Waals surface area contributed by atoms with Crippen LogP contribution in [-0.2, 0) is 22.6 Å². The Bertz CT molecular complexity index is 664. The SMILES string of the molecule is CC1Cn2ncc(N3C[C@H](O)CC3=O)c2CN1C(=O)OC(C)(C)C. The number of ether oxygens (including phenoxy) is 1. The topological polar surface area (TPSA) is 87.9 Å². The Morgan fingerprint density at radius 3 is 2.67 bits per heavy atom. The van der Waals surface area contributed by atoms with Gasteiger partial charge in [-0.15, -0.1) is 0 Å². The highest BCUT2D eigenvalue weighted by Crippen LogP contribution is 2.30. The molecule has 1 unspecified atom stereocenters. The average Bonchev–Trinajstić information content (AvgIpc) is 2.98. The maximum Gasteiger partial charge on any atom is 0.410 e. The average molecular weight is 336 g/mol. The van der Waals surface area contributed by atoms with Crippen molar-refractivity contribution in [3.63, 3.8) is 0 Å². The molecule has 0 saturated carbocycles. The minimum atomic E-state index is -0.655. The first kappa shape index (κ1) is 16.8. The fourth-order valence-corrected chi connectivity index (χ4v) is 3.10. The monoisotopic (exact) mass is 336 g/mol. The number of carbonyl (C=O) groups is 2. The van der Waals surface area contributed by atoms with Gasteiger partial charge in [-0.3, -0.25) is 14.4 Å². The molecule has 2 amide bonds. The Hall–Kier alpha value is -2.09. The molecule has 24 heavy (non-hydrogen) atoms. The van der Waals surface area contributed by atoms with Gasteiger partial charge in [-0.1, -0.05) is 0 Å². The lowest BCUT2D eigenvalue weighted by atomic mass is 10.2. The maximum absolute atomic E-state index is 12.5. The molecule has 1 aromatic heterocycles. The Kier molecular flexibility index (Phi) is 4.03. The first-order valence-corrected chi connectivity index (χ1v) is 8.18. The summed E-state index contributed by atoms with van der Waals surface area (Å²) in [5, 5.41) is 14.1. The first-order valence-electron chi connectivity index (χ1n) is 8.18. The summed E-state index contributed by atoms with van der Waals surface area (Å²) in [5.41, 5.74) is 0.894. The zero-order valence-electron chi connectivity index (χ0n) is 14.5. The van der Waals surface area contributed by atoms with Crippen LogP contribution in [0.25, 0.3) is 0 Å². The lowest BCUT2D eigenvalue weighted by molar-refractivity contribution is -0.117. The minimum absolute atomic E-state index is 0.0556. The third-order valence-corrected chi connectivity index (χ3v) is 4.24. The zero-order valence-corrected chi connectivity index (χ0v) is 14.5. The van der Waals surface area contributed by atoms with Crippen LogP contribution in [0.1, 0.15) is 39.8 Å². The number of aromatic nitrogens is 2. The number of hydrogen-bond acceptors (Lipinski definition) is 5. The summed E-state index contributed by atoms with van der Waals surface area (Å²) in [5.74, 6) is -0.124. The van der Waals surface area contributed by atoms with Gasteiger partial charge in [0.1, 0.15) is 5.60 Å². The second-order valence-electron chi connectivity index (χ2n) is 7.48. The van der Waals surface area contributed by atoms with Gasteiger partial charge in [-0.05, 0) is 27.7 Å². The van der Waals surface area contributed by atoms with Gasteiger partial charge in [0, 0.05) is 0 Å². The van der Waals surface area contributed by atoms with Crippen molar-refractivity contribution in [3.8, 4) is 0 Å². The van der Waals surface area contributed by atoms with Crippen LogP contribution in [-0.4, -0.2) is 56.1 Å². The summed E-state index contributed by atoms with van der Waals surface area (Å²) >= 11 is 0. The van der Waals surface area contributed by atoms with Crippen LogP contribution in [0.5, 0.6) is 0 Å². The van der Waals surface area contributed by atoms with Gasteiger partial charge in [0.15, 0.2) is 0 Å². The van der Waals surface area contributed by atoms with Crippen molar-refractivity contribution < 1.29 is 19.4 Å². The molecule has 1 N–H and O–H groups in total. The summed E-state index contributed by atoms with van der Waals surface area (Å²) in [6.45, 7) is 8.57. The van der Waals surface area contributed by atoms with Crippen molar-refractivity contribution >= 4 is 17.7 Å². The molecular weight excluding hydrogens is 312 g/mol. The number of anilines is 1. The van der Waals surface area contributed by atoms with E-state index in [0.29, 0.717) is 18.8 Å². The molecule has 8 heteroatoms. The number of aliphatic hydroxyl groups is 1. The number of β-amino-alcohol motifs (C(OH)–C–C–N with tert-alkyl or cyclic N) is 1. The van der Waals surface area contributed by atoms with Crippen LogP contribution in [0.3, 0.4) is 0 Å². The number of amides is 2. The third-order valence-electron chi connectivity index (χ3n) is 4.24. The summed E-state index contributed by atoms with van der Waals surface area (Å²) in [6.07, 6.45) is 0.728. The van der Waals surface area contributed by atoms with E-state index >= 15 is 0 Å². The van der Waals surface area contributed by atoms with Gasteiger partial charge < -0.3 is 14.7 Å². The highest BCUT2D eigenvalue weighted by atomic mass is 16.6. The molecular formula is C16H24N4O4. The fraction of sp³-hybridized carbons (Fsp3) is 0.688. The lowest BCUT2D eigenvalue weighted by Crippen LogP contribution is -2.47.